The Hall–Kier alpha value is -2.69. The number of methoxy groups -OCH3 is 1. The van der Waals surface area contributed by atoms with Crippen LogP contribution in [-0.4, -0.2) is 24.3 Å². The zero-order valence-electron chi connectivity index (χ0n) is 11.0. The van der Waals surface area contributed by atoms with Crippen LogP contribution in [0.3, 0.4) is 0 Å². The Kier molecular flexibility index (Phi) is 4.44. The lowest BCUT2D eigenvalue weighted by Crippen LogP contribution is -2.25. The molecule has 0 saturated carbocycles. The molecule has 5 heteroatoms. The Morgan fingerprint density at radius 2 is 2.25 bits per heavy atom. The number of carbonyl (C=O) groups is 1. The number of hydrogen-bond acceptors (Lipinski definition) is 5. The fraction of sp³-hybridized carbons (Fsp3) is 0.133. The molecule has 0 N–H and O–H groups in total. The van der Waals surface area contributed by atoms with Gasteiger partial charge in [-0.05, 0) is 29.5 Å². The summed E-state index contributed by atoms with van der Waals surface area (Å²) >= 11 is 0. The van der Waals surface area contributed by atoms with E-state index in [1.54, 1.807) is 60.7 Å². The van der Waals surface area contributed by atoms with Gasteiger partial charge >= 0.3 is 0 Å². The number of nitroso groups, excluding NO2 is 1. The molecule has 0 saturated heterocycles. The van der Waals surface area contributed by atoms with Crippen molar-refractivity contribution in [1.29, 1.82) is 0 Å². The van der Waals surface area contributed by atoms with E-state index in [0.29, 0.717) is 17.0 Å². The SMILES string of the molecule is COc1cccc(C(=O)CN2C=CC=C/C2=C/N=O)c1. The number of nitrogens with zero attached hydrogens (tertiary/aromatic N) is 2. The standard InChI is InChI=1S/C15H14N2O3/c1-20-14-7-4-5-12(9-14)15(18)11-17-8-3-2-6-13(17)10-16-19/h2-10H,11H2,1H3/b13-10-. The van der Waals surface area contributed by atoms with Gasteiger partial charge in [0.1, 0.15) is 5.75 Å². The van der Waals surface area contributed by atoms with Crippen molar-refractivity contribution in [2.75, 3.05) is 13.7 Å². The largest absolute Gasteiger partial charge is 0.497 e. The second kappa shape index (κ2) is 6.47. The molecule has 1 aliphatic heterocycles. The van der Waals surface area contributed by atoms with Crippen LogP contribution in [0.2, 0.25) is 0 Å². The van der Waals surface area contributed by atoms with Crippen LogP contribution in [0, 0.1) is 4.91 Å². The van der Waals surface area contributed by atoms with Crippen LogP contribution < -0.4 is 4.74 Å². The van der Waals surface area contributed by atoms with Gasteiger partial charge in [-0.1, -0.05) is 18.2 Å². The zero-order valence-corrected chi connectivity index (χ0v) is 11.0. The number of benzene rings is 1. The summed E-state index contributed by atoms with van der Waals surface area (Å²) in [6, 6.07) is 6.96. The molecule has 0 radical (unpaired) electrons. The van der Waals surface area contributed by atoms with Gasteiger partial charge in [-0.15, -0.1) is 4.91 Å². The summed E-state index contributed by atoms with van der Waals surface area (Å²) in [6.45, 7) is 0.134. The number of rotatable bonds is 5. The Balaban J connectivity index is 2.14. The van der Waals surface area contributed by atoms with Crippen molar-refractivity contribution >= 4 is 5.78 Å². The van der Waals surface area contributed by atoms with E-state index in [0.717, 1.165) is 0 Å². The Bertz CT molecular complexity index is 603. The van der Waals surface area contributed by atoms with Crippen LogP contribution in [0.25, 0.3) is 0 Å². The molecule has 1 aliphatic rings. The minimum absolute atomic E-state index is 0.0688. The lowest BCUT2D eigenvalue weighted by Gasteiger charge is -2.22. The number of hydrogen-bond donors (Lipinski definition) is 0. The van der Waals surface area contributed by atoms with E-state index in [2.05, 4.69) is 5.18 Å². The van der Waals surface area contributed by atoms with Gasteiger partial charge in [0.15, 0.2) is 5.78 Å². The monoisotopic (exact) mass is 270 g/mol. The molecule has 1 heterocycles. The molecule has 0 bridgehead atoms. The molecule has 20 heavy (non-hydrogen) atoms. The maximum Gasteiger partial charge on any atom is 0.182 e. The van der Waals surface area contributed by atoms with Crippen molar-refractivity contribution in [3.63, 3.8) is 0 Å². The van der Waals surface area contributed by atoms with E-state index in [9.17, 15) is 9.70 Å². The summed E-state index contributed by atoms with van der Waals surface area (Å²) in [7, 11) is 1.55. The van der Waals surface area contributed by atoms with Gasteiger partial charge in [0.2, 0.25) is 0 Å². The van der Waals surface area contributed by atoms with E-state index >= 15 is 0 Å². The molecular weight excluding hydrogens is 256 g/mol. The molecular formula is C15H14N2O3. The lowest BCUT2D eigenvalue weighted by molar-refractivity contribution is 0.0967. The first-order chi connectivity index (χ1) is 9.74. The molecule has 0 aliphatic carbocycles. The fourth-order valence-corrected chi connectivity index (χ4v) is 1.85. The Morgan fingerprint density at radius 1 is 1.40 bits per heavy atom. The van der Waals surface area contributed by atoms with Crippen molar-refractivity contribution in [2.45, 2.75) is 0 Å². The summed E-state index contributed by atoms with van der Waals surface area (Å²) in [6.07, 6.45) is 8.21. The summed E-state index contributed by atoms with van der Waals surface area (Å²) in [5.41, 5.74) is 1.14. The van der Waals surface area contributed by atoms with Crippen LogP contribution in [0.5, 0.6) is 5.75 Å². The van der Waals surface area contributed by atoms with Gasteiger partial charge in [0.05, 0.1) is 25.6 Å². The van der Waals surface area contributed by atoms with Gasteiger partial charge < -0.3 is 9.64 Å². The van der Waals surface area contributed by atoms with Crippen molar-refractivity contribution < 1.29 is 9.53 Å². The minimum Gasteiger partial charge on any atom is -0.497 e. The third-order valence-corrected chi connectivity index (χ3v) is 2.87. The van der Waals surface area contributed by atoms with Gasteiger partial charge in [0, 0.05) is 11.8 Å². The number of Topliss-reactive ketones (excluding diaryl/α,β-unsaturated/α-hetero) is 1. The van der Waals surface area contributed by atoms with Crippen LogP contribution in [0.15, 0.2) is 65.8 Å². The summed E-state index contributed by atoms with van der Waals surface area (Å²) in [4.78, 5) is 24.3. The average molecular weight is 270 g/mol. The second-order valence-electron chi connectivity index (χ2n) is 4.14. The number of allylic oxidation sites excluding steroid dienone is 3. The smallest absolute Gasteiger partial charge is 0.182 e. The Morgan fingerprint density at radius 3 is 3.00 bits per heavy atom. The first-order valence-corrected chi connectivity index (χ1v) is 6.06. The molecule has 0 fully saturated rings. The average Bonchev–Trinajstić information content (AvgIpc) is 2.49. The van der Waals surface area contributed by atoms with E-state index in [1.165, 1.54) is 6.20 Å². The highest BCUT2D eigenvalue weighted by Crippen LogP contribution is 2.16. The van der Waals surface area contributed by atoms with E-state index in [1.807, 2.05) is 0 Å². The molecule has 0 unspecified atom stereocenters. The third-order valence-electron chi connectivity index (χ3n) is 2.87. The molecule has 102 valence electrons. The second-order valence-corrected chi connectivity index (χ2v) is 4.14. The summed E-state index contributed by atoms with van der Waals surface area (Å²) in [5, 5.41) is 2.75. The number of carbonyl (C=O) groups excluding carboxylic acids is 1. The lowest BCUT2D eigenvalue weighted by atomic mass is 10.1. The topological polar surface area (TPSA) is 59.0 Å². The van der Waals surface area contributed by atoms with Gasteiger partial charge in [0.25, 0.3) is 0 Å². The fourth-order valence-electron chi connectivity index (χ4n) is 1.85. The molecule has 5 nitrogen and oxygen atoms in total. The summed E-state index contributed by atoms with van der Waals surface area (Å²) in [5.74, 6) is 0.566. The van der Waals surface area contributed by atoms with Crippen molar-refractivity contribution in [2.24, 2.45) is 5.18 Å². The number of ketones is 1. The molecule has 0 atom stereocenters. The van der Waals surface area contributed by atoms with Crippen LogP contribution in [0.1, 0.15) is 10.4 Å². The highest BCUT2D eigenvalue weighted by atomic mass is 16.5. The molecule has 0 spiro atoms. The maximum absolute atomic E-state index is 12.2. The zero-order chi connectivity index (χ0) is 14.4. The van der Waals surface area contributed by atoms with Gasteiger partial charge in [-0.25, -0.2) is 0 Å². The van der Waals surface area contributed by atoms with E-state index in [4.69, 9.17) is 4.74 Å². The molecule has 0 amide bonds. The predicted molar refractivity (Wildman–Crippen MR) is 76.2 cm³/mol. The molecule has 2 rings (SSSR count). The predicted octanol–water partition coefficient (Wildman–Crippen LogP) is 2.87. The van der Waals surface area contributed by atoms with Crippen molar-refractivity contribution in [3.05, 3.63) is 71.1 Å². The first kappa shape index (κ1) is 13.7. The van der Waals surface area contributed by atoms with Crippen molar-refractivity contribution in [3.8, 4) is 5.75 Å². The highest BCUT2D eigenvalue weighted by molar-refractivity contribution is 5.98. The highest BCUT2D eigenvalue weighted by Gasteiger charge is 2.14. The van der Waals surface area contributed by atoms with Crippen LogP contribution >= 0.6 is 0 Å². The third kappa shape index (κ3) is 3.20. The van der Waals surface area contributed by atoms with Gasteiger partial charge in [-0.3, -0.25) is 4.79 Å². The number of ether oxygens (including phenoxy) is 1. The molecule has 1 aromatic rings. The first-order valence-electron chi connectivity index (χ1n) is 6.06. The maximum atomic E-state index is 12.2. The summed E-state index contributed by atoms with van der Waals surface area (Å²) < 4.78 is 5.10. The quantitative estimate of drug-likeness (QED) is 0.609. The molecule has 0 aromatic heterocycles. The van der Waals surface area contributed by atoms with Crippen molar-refractivity contribution in [1.82, 2.24) is 4.90 Å². The Labute approximate surface area is 116 Å². The molecule has 1 aromatic carbocycles. The van der Waals surface area contributed by atoms with Crippen LogP contribution in [0.4, 0.5) is 0 Å². The minimum atomic E-state index is -0.0688. The van der Waals surface area contributed by atoms with E-state index < -0.39 is 0 Å². The normalized spacial score (nSPS) is 15.4. The van der Waals surface area contributed by atoms with E-state index in [-0.39, 0.29) is 12.3 Å². The van der Waals surface area contributed by atoms with Gasteiger partial charge in [-0.2, -0.15) is 0 Å². The van der Waals surface area contributed by atoms with Crippen LogP contribution in [-0.2, 0) is 0 Å².